The summed E-state index contributed by atoms with van der Waals surface area (Å²) in [7, 11) is 1.88. The van der Waals surface area contributed by atoms with Crippen LogP contribution in [0.15, 0.2) is 30.6 Å². The van der Waals surface area contributed by atoms with Crippen LogP contribution in [0.5, 0.6) is 0 Å². The number of anilines is 1. The molecule has 4 heteroatoms. The van der Waals surface area contributed by atoms with Crippen LogP contribution in [0.4, 0.5) is 5.82 Å². The summed E-state index contributed by atoms with van der Waals surface area (Å²) in [6, 6.07) is 5.99. The highest BCUT2D eigenvalue weighted by atomic mass is 15.0. The Hall–Kier alpha value is -1.97. The normalized spacial score (nSPS) is 11.4. The molecule has 100 valence electrons. The first kappa shape index (κ1) is 13.5. The third-order valence-electron chi connectivity index (χ3n) is 2.81. The van der Waals surface area contributed by atoms with Gasteiger partial charge in [-0.2, -0.15) is 0 Å². The summed E-state index contributed by atoms with van der Waals surface area (Å²) in [5.74, 6) is 1.72. The number of nitrogens with zero attached hydrogens (tertiary/aromatic N) is 3. The number of hydrogen-bond acceptors (Lipinski definition) is 4. The van der Waals surface area contributed by atoms with Crippen molar-refractivity contribution in [2.75, 3.05) is 12.4 Å². The highest BCUT2D eigenvalue weighted by molar-refractivity contribution is 5.37. The summed E-state index contributed by atoms with van der Waals surface area (Å²) in [6.45, 7) is 6.36. The van der Waals surface area contributed by atoms with Crippen molar-refractivity contribution < 1.29 is 0 Å². The molecular formula is C15H20N4. The maximum absolute atomic E-state index is 4.67. The average Bonchev–Trinajstić information content (AvgIpc) is 2.38. The van der Waals surface area contributed by atoms with Crippen molar-refractivity contribution in [2.24, 2.45) is 0 Å². The summed E-state index contributed by atoms with van der Waals surface area (Å²) < 4.78 is 0. The van der Waals surface area contributed by atoms with Crippen LogP contribution in [-0.2, 0) is 11.8 Å². The Labute approximate surface area is 114 Å². The Kier molecular flexibility index (Phi) is 3.79. The SMILES string of the molecule is CNc1cc(Cc2cccnc2)nc(C(C)(C)C)n1. The molecule has 0 atom stereocenters. The van der Waals surface area contributed by atoms with Crippen molar-refractivity contribution in [1.82, 2.24) is 15.0 Å². The average molecular weight is 256 g/mol. The van der Waals surface area contributed by atoms with Crippen molar-refractivity contribution >= 4 is 5.82 Å². The molecule has 0 aromatic carbocycles. The van der Waals surface area contributed by atoms with Gasteiger partial charge >= 0.3 is 0 Å². The van der Waals surface area contributed by atoms with E-state index in [-0.39, 0.29) is 5.41 Å². The molecule has 19 heavy (non-hydrogen) atoms. The topological polar surface area (TPSA) is 50.7 Å². The number of pyridine rings is 1. The Morgan fingerprint density at radius 3 is 2.58 bits per heavy atom. The minimum Gasteiger partial charge on any atom is -0.373 e. The van der Waals surface area contributed by atoms with E-state index in [0.717, 1.165) is 29.3 Å². The van der Waals surface area contributed by atoms with Gasteiger partial charge in [-0.25, -0.2) is 9.97 Å². The van der Waals surface area contributed by atoms with Crippen LogP contribution >= 0.6 is 0 Å². The molecule has 0 amide bonds. The summed E-state index contributed by atoms with van der Waals surface area (Å²) >= 11 is 0. The third kappa shape index (κ3) is 3.50. The second-order valence-corrected chi connectivity index (χ2v) is 5.61. The fraction of sp³-hybridized carbons (Fsp3) is 0.400. The Balaban J connectivity index is 2.35. The molecule has 2 aromatic heterocycles. The van der Waals surface area contributed by atoms with Crippen LogP contribution in [0, 0.1) is 0 Å². The minimum absolute atomic E-state index is 0.0590. The van der Waals surface area contributed by atoms with E-state index in [9.17, 15) is 0 Å². The number of rotatable bonds is 3. The lowest BCUT2D eigenvalue weighted by molar-refractivity contribution is 0.543. The molecule has 0 saturated heterocycles. The number of aromatic nitrogens is 3. The van der Waals surface area contributed by atoms with E-state index < -0.39 is 0 Å². The lowest BCUT2D eigenvalue weighted by Crippen LogP contribution is -2.18. The predicted octanol–water partition coefficient (Wildman–Crippen LogP) is 2.80. The predicted molar refractivity (Wildman–Crippen MR) is 77.3 cm³/mol. The van der Waals surface area contributed by atoms with Gasteiger partial charge in [-0.15, -0.1) is 0 Å². The number of nitrogens with one attached hydrogen (secondary N) is 1. The second-order valence-electron chi connectivity index (χ2n) is 5.61. The summed E-state index contributed by atoms with van der Waals surface area (Å²) in [5, 5.41) is 3.10. The molecule has 4 nitrogen and oxygen atoms in total. The smallest absolute Gasteiger partial charge is 0.136 e. The molecule has 0 aliphatic carbocycles. The van der Waals surface area contributed by atoms with Gasteiger partial charge in [0, 0.05) is 37.3 Å². The fourth-order valence-corrected chi connectivity index (χ4v) is 1.76. The molecule has 0 fully saturated rings. The summed E-state index contributed by atoms with van der Waals surface area (Å²) in [4.78, 5) is 13.3. The molecule has 2 heterocycles. The van der Waals surface area contributed by atoms with Crippen molar-refractivity contribution in [1.29, 1.82) is 0 Å². The molecule has 2 rings (SSSR count). The highest BCUT2D eigenvalue weighted by Crippen LogP contribution is 2.21. The minimum atomic E-state index is -0.0590. The molecule has 0 radical (unpaired) electrons. The van der Waals surface area contributed by atoms with Gasteiger partial charge in [-0.05, 0) is 11.6 Å². The van der Waals surface area contributed by atoms with E-state index in [4.69, 9.17) is 0 Å². The highest BCUT2D eigenvalue weighted by Gasteiger charge is 2.18. The Morgan fingerprint density at radius 1 is 1.21 bits per heavy atom. The zero-order valence-corrected chi connectivity index (χ0v) is 11.9. The van der Waals surface area contributed by atoms with E-state index in [1.807, 2.05) is 25.4 Å². The third-order valence-corrected chi connectivity index (χ3v) is 2.81. The standard InChI is InChI=1S/C15H20N4/c1-15(2,3)14-18-12(9-13(16-4)19-14)8-11-6-5-7-17-10-11/h5-7,9-10H,8H2,1-4H3,(H,16,18,19). The van der Waals surface area contributed by atoms with Gasteiger partial charge in [0.05, 0.1) is 5.69 Å². The fourth-order valence-electron chi connectivity index (χ4n) is 1.76. The van der Waals surface area contributed by atoms with Gasteiger partial charge in [0.25, 0.3) is 0 Å². The molecular weight excluding hydrogens is 236 g/mol. The van der Waals surface area contributed by atoms with Gasteiger partial charge in [-0.1, -0.05) is 26.8 Å². The van der Waals surface area contributed by atoms with Crippen LogP contribution < -0.4 is 5.32 Å². The van der Waals surface area contributed by atoms with Gasteiger partial charge in [0.15, 0.2) is 0 Å². The van der Waals surface area contributed by atoms with E-state index in [1.54, 1.807) is 6.20 Å². The van der Waals surface area contributed by atoms with Crippen LogP contribution in [0.2, 0.25) is 0 Å². The zero-order valence-electron chi connectivity index (χ0n) is 11.9. The van der Waals surface area contributed by atoms with Gasteiger partial charge in [0.1, 0.15) is 11.6 Å². The van der Waals surface area contributed by atoms with E-state index in [2.05, 4.69) is 47.1 Å². The molecule has 0 saturated carbocycles. The van der Waals surface area contributed by atoms with E-state index >= 15 is 0 Å². The van der Waals surface area contributed by atoms with Gasteiger partial charge in [0.2, 0.25) is 0 Å². The summed E-state index contributed by atoms with van der Waals surface area (Å²) in [6.07, 6.45) is 4.43. The maximum Gasteiger partial charge on any atom is 0.136 e. The van der Waals surface area contributed by atoms with Crippen LogP contribution in [0.3, 0.4) is 0 Å². The van der Waals surface area contributed by atoms with Crippen LogP contribution in [0.1, 0.15) is 37.9 Å². The van der Waals surface area contributed by atoms with Crippen molar-refractivity contribution in [3.63, 3.8) is 0 Å². The first-order valence-electron chi connectivity index (χ1n) is 6.44. The van der Waals surface area contributed by atoms with Crippen molar-refractivity contribution in [3.05, 3.63) is 47.7 Å². The lowest BCUT2D eigenvalue weighted by Gasteiger charge is -2.18. The molecule has 0 unspecified atom stereocenters. The molecule has 0 aliphatic heterocycles. The molecule has 0 bridgehead atoms. The van der Waals surface area contributed by atoms with E-state index in [0.29, 0.717) is 0 Å². The van der Waals surface area contributed by atoms with Crippen LogP contribution in [0.25, 0.3) is 0 Å². The molecule has 0 spiro atoms. The largest absolute Gasteiger partial charge is 0.373 e. The second kappa shape index (κ2) is 5.34. The summed E-state index contributed by atoms with van der Waals surface area (Å²) in [5.41, 5.74) is 2.11. The molecule has 0 aliphatic rings. The Morgan fingerprint density at radius 2 is 2.00 bits per heavy atom. The molecule has 1 N–H and O–H groups in total. The van der Waals surface area contributed by atoms with Crippen LogP contribution in [-0.4, -0.2) is 22.0 Å². The van der Waals surface area contributed by atoms with Gasteiger partial charge < -0.3 is 5.32 Å². The maximum atomic E-state index is 4.67. The first-order chi connectivity index (χ1) is 8.99. The Bertz CT molecular complexity index is 544. The quantitative estimate of drug-likeness (QED) is 0.917. The van der Waals surface area contributed by atoms with Crippen molar-refractivity contribution in [2.45, 2.75) is 32.6 Å². The van der Waals surface area contributed by atoms with Crippen molar-refractivity contribution in [3.8, 4) is 0 Å². The lowest BCUT2D eigenvalue weighted by atomic mass is 9.95. The van der Waals surface area contributed by atoms with E-state index in [1.165, 1.54) is 0 Å². The monoisotopic (exact) mass is 256 g/mol. The zero-order chi connectivity index (χ0) is 13.9. The molecule has 2 aromatic rings. The van der Waals surface area contributed by atoms with Gasteiger partial charge in [-0.3, -0.25) is 4.98 Å². The number of hydrogen-bond donors (Lipinski definition) is 1. The first-order valence-corrected chi connectivity index (χ1v) is 6.44.